The van der Waals surface area contributed by atoms with Gasteiger partial charge in [0.15, 0.2) is 0 Å². The van der Waals surface area contributed by atoms with E-state index in [4.69, 9.17) is 11.0 Å². The Morgan fingerprint density at radius 1 is 1.38 bits per heavy atom. The van der Waals surface area contributed by atoms with Crippen LogP contribution in [0.15, 0.2) is 47.6 Å². The second-order valence-electron chi connectivity index (χ2n) is 4.62. The van der Waals surface area contributed by atoms with E-state index in [1.807, 2.05) is 11.5 Å². The number of aliphatic imine (C=N–C) groups is 1. The first-order valence-electron chi connectivity index (χ1n) is 6.51. The van der Waals surface area contributed by atoms with Crippen LogP contribution >= 0.6 is 0 Å². The number of carbonyl (C=O) groups is 1. The Balaban J connectivity index is 2.22. The van der Waals surface area contributed by atoms with Crippen LogP contribution in [0.3, 0.4) is 0 Å². The third-order valence-electron chi connectivity index (χ3n) is 2.75. The Bertz CT molecular complexity index is 940. The summed E-state index contributed by atoms with van der Waals surface area (Å²) in [7, 11) is -3.78. The lowest BCUT2D eigenvalue weighted by atomic mass is 10.2. The van der Waals surface area contributed by atoms with Crippen LogP contribution in [0.2, 0.25) is 0 Å². The fraction of sp³-hybridized carbons (Fsp3) is 0.0714. The van der Waals surface area contributed by atoms with Gasteiger partial charge in [-0.3, -0.25) is 4.79 Å². The molecule has 1 amide bonds. The van der Waals surface area contributed by atoms with Crippen molar-refractivity contribution < 1.29 is 17.5 Å². The molecule has 10 heteroatoms. The molecule has 1 heterocycles. The molecule has 3 N–H and O–H groups in total. The highest BCUT2D eigenvalue weighted by Crippen LogP contribution is 2.14. The molecule has 0 spiro atoms. The highest BCUT2D eigenvalue weighted by Gasteiger charge is 2.10. The minimum atomic E-state index is -3.78. The molecule has 0 aliphatic carbocycles. The van der Waals surface area contributed by atoms with Gasteiger partial charge in [0, 0.05) is 17.4 Å². The summed E-state index contributed by atoms with van der Waals surface area (Å²) in [5.41, 5.74) is 8.44. The van der Waals surface area contributed by atoms with Gasteiger partial charge < -0.3 is 10.3 Å². The van der Waals surface area contributed by atoms with Crippen LogP contribution in [-0.2, 0) is 14.4 Å². The number of guanidine groups is 1. The summed E-state index contributed by atoms with van der Waals surface area (Å²) >= 11 is 0. The molecule has 0 saturated carbocycles. The molecule has 0 aliphatic heterocycles. The second-order valence-corrected chi connectivity index (χ2v) is 6.19. The molecule has 1 aromatic carbocycles. The minimum absolute atomic E-state index is 0.203. The molecule has 1 aromatic heterocycles. The third-order valence-corrected chi connectivity index (χ3v) is 3.14. The zero-order chi connectivity index (χ0) is 17.7. The molecule has 0 fully saturated rings. The topological polar surface area (TPSA) is 140 Å². The highest BCUT2D eigenvalue weighted by molar-refractivity contribution is 7.85. The molecule has 0 radical (unpaired) electrons. The number of hydroxylamine groups is 1. The van der Waals surface area contributed by atoms with E-state index in [0.29, 0.717) is 11.4 Å². The number of amides is 1. The van der Waals surface area contributed by atoms with Crippen molar-refractivity contribution in [3.63, 3.8) is 0 Å². The first-order valence-corrected chi connectivity index (χ1v) is 8.32. The van der Waals surface area contributed by atoms with E-state index < -0.39 is 22.0 Å². The molecule has 0 saturated heterocycles. The maximum Gasteiger partial charge on any atom is 0.285 e. The van der Waals surface area contributed by atoms with E-state index >= 15 is 0 Å². The Kier molecular flexibility index (Phi) is 4.98. The summed E-state index contributed by atoms with van der Waals surface area (Å²) in [6.07, 6.45) is 2.49. The van der Waals surface area contributed by atoms with Gasteiger partial charge in [-0.05, 0) is 30.3 Å². The molecule has 0 aliphatic rings. The van der Waals surface area contributed by atoms with Crippen LogP contribution in [0.5, 0.6) is 0 Å². The second kappa shape index (κ2) is 6.95. The lowest BCUT2D eigenvalue weighted by Crippen LogP contribution is -2.34. The van der Waals surface area contributed by atoms with Crippen molar-refractivity contribution in [2.24, 2.45) is 10.7 Å². The predicted octanol–water partition coefficient (Wildman–Crippen LogP) is 0.285. The van der Waals surface area contributed by atoms with Gasteiger partial charge in [-0.1, -0.05) is 6.07 Å². The number of rotatable bonds is 4. The van der Waals surface area contributed by atoms with Crippen molar-refractivity contribution in [1.82, 2.24) is 10.0 Å². The number of nitriles is 1. The summed E-state index contributed by atoms with van der Waals surface area (Å²) < 4.78 is 27.5. The zero-order valence-electron chi connectivity index (χ0n) is 12.5. The van der Waals surface area contributed by atoms with Crippen LogP contribution in [0.4, 0.5) is 0 Å². The number of aromatic nitrogens is 1. The van der Waals surface area contributed by atoms with Crippen molar-refractivity contribution in [2.75, 3.05) is 6.26 Å². The van der Waals surface area contributed by atoms with Crippen LogP contribution in [-0.4, -0.2) is 31.1 Å². The standard InChI is InChI=1S/C14H13N5O4S/c1-24(21,22)23-18-14(16)17-13(20)10-4-2-5-11(8-10)19-7-3-6-12(19)9-15/h2-8H,1H3,(H3,16,17,18,20). The Labute approximate surface area is 138 Å². The van der Waals surface area contributed by atoms with E-state index in [1.54, 1.807) is 35.0 Å². The fourth-order valence-corrected chi connectivity index (χ4v) is 2.04. The van der Waals surface area contributed by atoms with Crippen molar-refractivity contribution in [2.45, 2.75) is 0 Å². The molecule has 9 nitrogen and oxygen atoms in total. The van der Waals surface area contributed by atoms with Crippen LogP contribution < -0.4 is 11.2 Å². The number of hydrogen-bond donors (Lipinski definition) is 2. The van der Waals surface area contributed by atoms with E-state index in [0.717, 1.165) is 6.26 Å². The summed E-state index contributed by atoms with van der Waals surface area (Å²) in [5, 5.41) is 9.04. The Morgan fingerprint density at radius 2 is 2.12 bits per heavy atom. The number of benzene rings is 1. The molecule has 24 heavy (non-hydrogen) atoms. The van der Waals surface area contributed by atoms with Gasteiger partial charge in [0.1, 0.15) is 11.8 Å². The zero-order valence-corrected chi connectivity index (χ0v) is 13.3. The molecule has 2 aromatic rings. The maximum atomic E-state index is 12.1. The lowest BCUT2D eigenvalue weighted by molar-refractivity contribution is 0.100. The Hall–Kier alpha value is -3.16. The van der Waals surface area contributed by atoms with Gasteiger partial charge >= 0.3 is 0 Å². The van der Waals surface area contributed by atoms with E-state index in [9.17, 15) is 13.2 Å². The first-order chi connectivity index (χ1) is 11.3. The normalized spacial score (nSPS) is 11.8. The summed E-state index contributed by atoms with van der Waals surface area (Å²) in [4.78, 5) is 15.6. The molecule has 0 bridgehead atoms. The average molecular weight is 347 g/mol. The van der Waals surface area contributed by atoms with E-state index in [-0.39, 0.29) is 5.56 Å². The van der Waals surface area contributed by atoms with Gasteiger partial charge in [0.05, 0.1) is 6.26 Å². The van der Waals surface area contributed by atoms with Gasteiger partial charge in [0.25, 0.3) is 16.0 Å². The van der Waals surface area contributed by atoms with Crippen LogP contribution in [0, 0.1) is 11.3 Å². The van der Waals surface area contributed by atoms with Crippen molar-refractivity contribution in [3.05, 3.63) is 53.9 Å². The summed E-state index contributed by atoms with van der Waals surface area (Å²) in [6, 6.07) is 11.7. The van der Waals surface area contributed by atoms with Gasteiger partial charge in [-0.25, -0.2) is 5.48 Å². The molecule has 2 rings (SSSR count). The molecule has 0 atom stereocenters. The molecular weight excluding hydrogens is 334 g/mol. The minimum Gasteiger partial charge on any atom is -0.368 e. The fourth-order valence-electron chi connectivity index (χ4n) is 1.80. The van der Waals surface area contributed by atoms with Gasteiger partial charge in [-0.15, -0.1) is 4.28 Å². The quantitative estimate of drug-likeness (QED) is 0.460. The van der Waals surface area contributed by atoms with Crippen molar-refractivity contribution >= 4 is 22.0 Å². The SMILES string of the molecule is CS(=O)(=O)ONC(N)=NC(=O)c1cccc(-n2cccc2C#N)c1. The number of carbonyl (C=O) groups excluding carboxylic acids is 1. The predicted molar refractivity (Wildman–Crippen MR) is 85.5 cm³/mol. The van der Waals surface area contributed by atoms with E-state index in [1.165, 1.54) is 12.1 Å². The smallest absolute Gasteiger partial charge is 0.285 e. The highest BCUT2D eigenvalue weighted by atomic mass is 32.2. The summed E-state index contributed by atoms with van der Waals surface area (Å²) in [5.74, 6) is -1.21. The first kappa shape index (κ1) is 17.2. The largest absolute Gasteiger partial charge is 0.368 e. The molecule has 124 valence electrons. The molecular formula is C14H13N5O4S. The molecule has 0 unspecified atom stereocenters. The number of nitrogens with two attached hydrogens (primary N) is 1. The van der Waals surface area contributed by atoms with Gasteiger partial charge in [-0.2, -0.15) is 18.7 Å². The average Bonchev–Trinajstić information content (AvgIpc) is 3.01. The number of hydrogen-bond acceptors (Lipinski definition) is 5. The third kappa shape index (κ3) is 4.42. The van der Waals surface area contributed by atoms with Crippen molar-refractivity contribution in [1.29, 1.82) is 5.26 Å². The number of nitrogens with one attached hydrogen (secondary N) is 1. The summed E-state index contributed by atoms with van der Waals surface area (Å²) in [6.45, 7) is 0. The Morgan fingerprint density at radius 3 is 2.79 bits per heavy atom. The van der Waals surface area contributed by atoms with Crippen molar-refractivity contribution in [3.8, 4) is 11.8 Å². The maximum absolute atomic E-state index is 12.1. The lowest BCUT2D eigenvalue weighted by Gasteiger charge is -2.06. The van der Waals surface area contributed by atoms with Gasteiger partial charge in [0.2, 0.25) is 5.96 Å². The van der Waals surface area contributed by atoms with E-state index in [2.05, 4.69) is 9.28 Å². The van der Waals surface area contributed by atoms with Crippen LogP contribution in [0.1, 0.15) is 16.1 Å². The monoisotopic (exact) mass is 347 g/mol. The number of nitrogens with zero attached hydrogens (tertiary/aromatic N) is 3. The van der Waals surface area contributed by atoms with Crippen LogP contribution in [0.25, 0.3) is 5.69 Å².